The molecular formula is C22H26ClN3O2. The Hall–Kier alpha value is -2.19. The van der Waals surface area contributed by atoms with Gasteiger partial charge in [-0.05, 0) is 54.9 Å². The summed E-state index contributed by atoms with van der Waals surface area (Å²) in [5.41, 5.74) is 1.90. The van der Waals surface area contributed by atoms with Gasteiger partial charge in [0.05, 0.1) is 0 Å². The van der Waals surface area contributed by atoms with Gasteiger partial charge in [-0.2, -0.15) is 0 Å². The van der Waals surface area contributed by atoms with E-state index in [9.17, 15) is 9.59 Å². The van der Waals surface area contributed by atoms with E-state index in [2.05, 4.69) is 30.1 Å². The molecule has 3 fully saturated rings. The highest BCUT2D eigenvalue weighted by atomic mass is 35.5. The van der Waals surface area contributed by atoms with Crippen molar-refractivity contribution in [3.63, 3.8) is 0 Å². The largest absolute Gasteiger partial charge is 0.339 e. The maximum Gasteiger partial charge on any atom is 0.318 e. The Labute approximate surface area is 171 Å². The Bertz CT molecular complexity index is 870. The zero-order chi connectivity index (χ0) is 19.9. The van der Waals surface area contributed by atoms with Crippen LogP contribution in [0.3, 0.4) is 0 Å². The Morgan fingerprint density at radius 2 is 1.71 bits per heavy atom. The first-order chi connectivity index (χ1) is 13.3. The van der Waals surface area contributed by atoms with Crippen molar-refractivity contribution in [3.8, 4) is 11.8 Å². The summed E-state index contributed by atoms with van der Waals surface area (Å²) in [5.74, 6) is 6.60. The highest BCUT2D eigenvalue weighted by Gasteiger charge is 2.44. The van der Waals surface area contributed by atoms with Gasteiger partial charge in [0.1, 0.15) is 5.54 Å². The summed E-state index contributed by atoms with van der Waals surface area (Å²) >= 11 is 6.37. The van der Waals surface area contributed by atoms with Crippen LogP contribution in [0.15, 0.2) is 18.2 Å². The van der Waals surface area contributed by atoms with Crippen LogP contribution in [-0.2, 0) is 10.2 Å². The lowest BCUT2D eigenvalue weighted by Gasteiger charge is -2.34. The molecule has 148 valence electrons. The van der Waals surface area contributed by atoms with E-state index < -0.39 is 5.54 Å². The number of amides is 3. The van der Waals surface area contributed by atoms with E-state index in [0.717, 1.165) is 23.4 Å². The van der Waals surface area contributed by atoms with Gasteiger partial charge < -0.3 is 15.1 Å². The lowest BCUT2D eigenvalue weighted by Crippen LogP contribution is -2.54. The van der Waals surface area contributed by atoms with Crippen molar-refractivity contribution in [2.24, 2.45) is 0 Å². The first-order valence-corrected chi connectivity index (χ1v) is 10.3. The molecule has 0 spiro atoms. The van der Waals surface area contributed by atoms with Gasteiger partial charge >= 0.3 is 6.03 Å². The normalized spacial score (nSPS) is 21.4. The maximum absolute atomic E-state index is 12.6. The molecule has 2 saturated carbocycles. The fourth-order valence-electron chi connectivity index (χ4n) is 3.63. The minimum Gasteiger partial charge on any atom is -0.339 e. The van der Waals surface area contributed by atoms with Crippen LogP contribution < -0.4 is 5.32 Å². The third kappa shape index (κ3) is 3.98. The molecule has 0 unspecified atom stereocenters. The van der Waals surface area contributed by atoms with Crippen molar-refractivity contribution < 1.29 is 9.59 Å². The smallest absolute Gasteiger partial charge is 0.318 e. The maximum atomic E-state index is 12.6. The second kappa shape index (κ2) is 7.00. The summed E-state index contributed by atoms with van der Waals surface area (Å²) in [5, 5.41) is 3.91. The Balaban J connectivity index is 1.40. The molecule has 28 heavy (non-hydrogen) atoms. The van der Waals surface area contributed by atoms with Crippen molar-refractivity contribution in [2.75, 3.05) is 26.2 Å². The summed E-state index contributed by atoms with van der Waals surface area (Å²) in [6.07, 6.45) is 4.08. The number of urea groups is 1. The van der Waals surface area contributed by atoms with E-state index in [1.807, 2.05) is 12.1 Å². The molecule has 0 bridgehead atoms. The number of carbonyl (C=O) groups excluding carboxylic acids is 2. The summed E-state index contributed by atoms with van der Waals surface area (Å²) in [7, 11) is 0. The Morgan fingerprint density at radius 3 is 2.29 bits per heavy atom. The van der Waals surface area contributed by atoms with Crippen LogP contribution in [0, 0.1) is 11.8 Å². The second-order valence-electron chi connectivity index (χ2n) is 8.51. The number of piperazine rings is 1. The molecule has 1 aliphatic heterocycles. The molecule has 1 aromatic rings. The highest BCUT2D eigenvalue weighted by molar-refractivity contribution is 6.31. The third-order valence-corrected chi connectivity index (χ3v) is 6.50. The van der Waals surface area contributed by atoms with Crippen molar-refractivity contribution >= 4 is 23.5 Å². The van der Waals surface area contributed by atoms with E-state index in [-0.39, 0.29) is 17.4 Å². The van der Waals surface area contributed by atoms with Gasteiger partial charge in [-0.1, -0.05) is 30.4 Å². The Kier molecular flexibility index (Phi) is 4.79. The van der Waals surface area contributed by atoms with Crippen molar-refractivity contribution in [1.29, 1.82) is 0 Å². The number of carbonyl (C=O) groups is 2. The SMILES string of the molecule is CC(=O)N1CCN(C(=O)NC2(C#Cc3ccc(Cl)c(C4(C)CC4)c3)CC2)CC1. The van der Waals surface area contributed by atoms with Gasteiger partial charge in [0.25, 0.3) is 0 Å². The van der Waals surface area contributed by atoms with E-state index in [1.54, 1.807) is 16.7 Å². The molecule has 1 aromatic carbocycles. The van der Waals surface area contributed by atoms with Gasteiger partial charge in [0.2, 0.25) is 5.91 Å². The van der Waals surface area contributed by atoms with E-state index in [0.29, 0.717) is 26.2 Å². The molecular weight excluding hydrogens is 374 g/mol. The molecule has 1 heterocycles. The highest BCUT2D eigenvalue weighted by Crippen LogP contribution is 2.50. The van der Waals surface area contributed by atoms with Crippen LogP contribution in [0.2, 0.25) is 5.02 Å². The second-order valence-corrected chi connectivity index (χ2v) is 8.92. The number of halogens is 1. The fraction of sp³-hybridized carbons (Fsp3) is 0.545. The zero-order valence-electron chi connectivity index (χ0n) is 16.5. The first-order valence-electron chi connectivity index (χ1n) is 9.96. The molecule has 5 nitrogen and oxygen atoms in total. The van der Waals surface area contributed by atoms with Crippen LogP contribution in [0.25, 0.3) is 0 Å². The lowest BCUT2D eigenvalue weighted by atomic mass is 9.96. The van der Waals surface area contributed by atoms with Crippen LogP contribution in [0.1, 0.15) is 50.7 Å². The Morgan fingerprint density at radius 1 is 1.07 bits per heavy atom. The number of benzene rings is 1. The average Bonchev–Trinajstić information content (AvgIpc) is 3.60. The quantitative estimate of drug-likeness (QED) is 0.777. The first kappa shape index (κ1) is 19.1. The van der Waals surface area contributed by atoms with E-state index >= 15 is 0 Å². The topological polar surface area (TPSA) is 52.7 Å². The van der Waals surface area contributed by atoms with E-state index in [4.69, 9.17) is 11.6 Å². The molecule has 3 aliphatic rings. The van der Waals surface area contributed by atoms with Gasteiger partial charge in [0, 0.05) is 43.7 Å². The minimum absolute atomic E-state index is 0.0620. The zero-order valence-corrected chi connectivity index (χ0v) is 17.2. The molecule has 1 saturated heterocycles. The molecule has 4 rings (SSSR count). The monoisotopic (exact) mass is 399 g/mol. The summed E-state index contributed by atoms with van der Waals surface area (Å²) in [4.78, 5) is 27.6. The fourth-order valence-corrected chi connectivity index (χ4v) is 3.97. The van der Waals surface area contributed by atoms with Crippen molar-refractivity contribution in [3.05, 3.63) is 34.3 Å². The van der Waals surface area contributed by atoms with Gasteiger partial charge in [0.15, 0.2) is 0 Å². The molecule has 3 amide bonds. The van der Waals surface area contributed by atoms with Crippen molar-refractivity contribution in [2.45, 2.75) is 50.5 Å². The minimum atomic E-state index is -0.419. The van der Waals surface area contributed by atoms with Crippen LogP contribution in [-0.4, -0.2) is 53.5 Å². The predicted molar refractivity (Wildman–Crippen MR) is 109 cm³/mol. The van der Waals surface area contributed by atoms with Crippen LogP contribution in [0.4, 0.5) is 4.79 Å². The van der Waals surface area contributed by atoms with Crippen LogP contribution in [0.5, 0.6) is 0 Å². The van der Waals surface area contributed by atoms with E-state index in [1.165, 1.54) is 18.4 Å². The standard InChI is InChI=1S/C22H26ClN3O2/c1-16(27)25-11-13-26(14-12-25)20(28)24-22(9-10-22)6-5-17-3-4-19(23)18(15-17)21(2)7-8-21/h3-4,15H,7-14H2,1-2H3,(H,24,28). The number of nitrogens with zero attached hydrogens (tertiary/aromatic N) is 2. The van der Waals surface area contributed by atoms with Crippen LogP contribution >= 0.6 is 11.6 Å². The molecule has 0 aromatic heterocycles. The molecule has 6 heteroatoms. The third-order valence-electron chi connectivity index (χ3n) is 6.17. The number of nitrogens with one attached hydrogen (secondary N) is 1. The van der Waals surface area contributed by atoms with Crippen molar-refractivity contribution in [1.82, 2.24) is 15.1 Å². The number of rotatable bonds is 2. The lowest BCUT2D eigenvalue weighted by molar-refractivity contribution is -0.130. The van der Waals surface area contributed by atoms with Gasteiger partial charge in [-0.25, -0.2) is 4.79 Å². The summed E-state index contributed by atoms with van der Waals surface area (Å²) in [6, 6.07) is 5.89. The van der Waals surface area contributed by atoms with Gasteiger partial charge in [-0.3, -0.25) is 4.79 Å². The molecule has 0 atom stereocenters. The summed E-state index contributed by atoms with van der Waals surface area (Å²) in [6.45, 7) is 6.11. The number of hydrogen-bond acceptors (Lipinski definition) is 2. The van der Waals surface area contributed by atoms with Gasteiger partial charge in [-0.15, -0.1) is 0 Å². The predicted octanol–water partition coefficient (Wildman–Crippen LogP) is 3.15. The summed E-state index contributed by atoms with van der Waals surface area (Å²) < 4.78 is 0. The molecule has 2 aliphatic carbocycles. The molecule has 1 N–H and O–H groups in total. The average molecular weight is 400 g/mol. The molecule has 0 radical (unpaired) electrons. The number of hydrogen-bond donors (Lipinski definition) is 1.